The van der Waals surface area contributed by atoms with Crippen molar-refractivity contribution < 1.29 is 9.13 Å². The van der Waals surface area contributed by atoms with Crippen LogP contribution in [-0.4, -0.2) is 9.97 Å². The van der Waals surface area contributed by atoms with Gasteiger partial charge in [0.1, 0.15) is 11.6 Å². The van der Waals surface area contributed by atoms with E-state index in [-0.39, 0.29) is 11.1 Å². The van der Waals surface area contributed by atoms with Crippen molar-refractivity contribution in [2.45, 2.75) is 13.8 Å². The Kier molecular flexibility index (Phi) is 3.24. The molecule has 0 aliphatic carbocycles. The van der Waals surface area contributed by atoms with E-state index < -0.39 is 0 Å². The zero-order chi connectivity index (χ0) is 12.4. The minimum atomic E-state index is -0.320. The van der Waals surface area contributed by atoms with Crippen LogP contribution in [0.4, 0.5) is 4.39 Å². The van der Waals surface area contributed by atoms with Crippen LogP contribution in [0.3, 0.4) is 0 Å². The monoisotopic (exact) mass is 252 g/mol. The fourth-order valence-corrected chi connectivity index (χ4v) is 1.53. The van der Waals surface area contributed by atoms with E-state index in [0.717, 1.165) is 0 Å². The van der Waals surface area contributed by atoms with Gasteiger partial charge in [0.25, 0.3) is 0 Å². The second kappa shape index (κ2) is 4.67. The van der Waals surface area contributed by atoms with Crippen LogP contribution >= 0.6 is 11.6 Å². The molecule has 17 heavy (non-hydrogen) atoms. The van der Waals surface area contributed by atoms with Crippen LogP contribution < -0.4 is 4.74 Å². The minimum Gasteiger partial charge on any atom is -0.439 e. The highest BCUT2D eigenvalue weighted by Crippen LogP contribution is 2.23. The lowest BCUT2D eigenvalue weighted by Gasteiger charge is -2.06. The van der Waals surface area contributed by atoms with E-state index in [2.05, 4.69) is 9.97 Å². The molecule has 1 heterocycles. The van der Waals surface area contributed by atoms with Gasteiger partial charge in [0.05, 0.1) is 0 Å². The molecule has 1 aromatic carbocycles. The second-order valence-corrected chi connectivity index (χ2v) is 3.97. The number of nitrogens with zero attached hydrogens (tertiary/aromatic N) is 2. The molecule has 1 aromatic heterocycles. The maximum Gasteiger partial charge on any atom is 0.225 e. The molecule has 0 atom stereocenters. The topological polar surface area (TPSA) is 35.0 Å². The molecule has 0 amide bonds. The molecule has 0 aliphatic heterocycles. The van der Waals surface area contributed by atoms with E-state index in [1.807, 2.05) is 0 Å². The molecule has 5 heteroatoms. The van der Waals surface area contributed by atoms with Gasteiger partial charge >= 0.3 is 0 Å². The summed E-state index contributed by atoms with van der Waals surface area (Å²) in [7, 11) is 0. The van der Waals surface area contributed by atoms with Crippen molar-refractivity contribution in [1.29, 1.82) is 0 Å². The van der Waals surface area contributed by atoms with Gasteiger partial charge in [-0.25, -0.2) is 9.37 Å². The number of hydrogen-bond acceptors (Lipinski definition) is 3. The molecule has 3 nitrogen and oxygen atoms in total. The fraction of sp³-hybridized carbons (Fsp3) is 0.167. The third-order valence-corrected chi connectivity index (χ3v) is 2.34. The first-order valence-corrected chi connectivity index (χ1v) is 5.37. The highest BCUT2D eigenvalue weighted by atomic mass is 35.5. The largest absolute Gasteiger partial charge is 0.439 e. The molecular weight excluding hydrogens is 243 g/mol. The summed E-state index contributed by atoms with van der Waals surface area (Å²) in [5.41, 5.74) is 1.25. The standard InChI is InChI=1S/C12H10ClFN2O/c1-7-3-4-9(6-10(7)14)17-11-5-8(2)15-12(13)16-11/h3-6H,1-2H3. The first-order chi connectivity index (χ1) is 8.04. The third-order valence-electron chi connectivity index (χ3n) is 2.17. The average Bonchev–Trinajstić information content (AvgIpc) is 2.22. The lowest BCUT2D eigenvalue weighted by atomic mass is 10.2. The van der Waals surface area contributed by atoms with Crippen LogP contribution in [0.2, 0.25) is 5.28 Å². The van der Waals surface area contributed by atoms with Gasteiger partial charge < -0.3 is 4.74 Å². The SMILES string of the molecule is Cc1cc(Oc2ccc(C)c(F)c2)nc(Cl)n1. The maximum atomic E-state index is 13.3. The van der Waals surface area contributed by atoms with Crippen molar-refractivity contribution in [3.8, 4) is 11.6 Å². The van der Waals surface area contributed by atoms with Gasteiger partial charge in [-0.3, -0.25) is 0 Å². The molecule has 0 saturated heterocycles. The molecule has 0 saturated carbocycles. The smallest absolute Gasteiger partial charge is 0.225 e. The van der Waals surface area contributed by atoms with Crippen LogP contribution in [0.25, 0.3) is 0 Å². The van der Waals surface area contributed by atoms with Crippen molar-refractivity contribution in [2.75, 3.05) is 0 Å². The average molecular weight is 253 g/mol. The fourth-order valence-electron chi connectivity index (χ4n) is 1.31. The Morgan fingerprint density at radius 1 is 1.18 bits per heavy atom. The van der Waals surface area contributed by atoms with Crippen molar-refractivity contribution in [3.05, 3.63) is 46.6 Å². The first-order valence-electron chi connectivity index (χ1n) is 5.00. The van der Waals surface area contributed by atoms with Crippen molar-refractivity contribution >= 4 is 11.6 Å². The number of halogens is 2. The number of rotatable bonds is 2. The Balaban J connectivity index is 2.28. The normalized spacial score (nSPS) is 10.4. The van der Waals surface area contributed by atoms with E-state index in [1.54, 1.807) is 32.0 Å². The summed E-state index contributed by atoms with van der Waals surface area (Å²) < 4.78 is 18.7. The Morgan fingerprint density at radius 3 is 2.59 bits per heavy atom. The van der Waals surface area contributed by atoms with Gasteiger partial charge in [-0.05, 0) is 37.1 Å². The Bertz CT molecular complexity index is 540. The summed E-state index contributed by atoms with van der Waals surface area (Å²) in [6.07, 6.45) is 0. The van der Waals surface area contributed by atoms with E-state index in [4.69, 9.17) is 16.3 Å². The summed E-state index contributed by atoms with van der Waals surface area (Å²) >= 11 is 5.70. The van der Waals surface area contributed by atoms with Crippen molar-refractivity contribution in [3.63, 3.8) is 0 Å². The molecule has 0 fully saturated rings. The highest BCUT2D eigenvalue weighted by molar-refractivity contribution is 6.28. The van der Waals surface area contributed by atoms with Gasteiger partial charge in [-0.1, -0.05) is 6.07 Å². The van der Waals surface area contributed by atoms with Gasteiger partial charge in [-0.15, -0.1) is 0 Å². The maximum absolute atomic E-state index is 13.3. The molecule has 0 bridgehead atoms. The highest BCUT2D eigenvalue weighted by Gasteiger charge is 2.05. The Morgan fingerprint density at radius 2 is 1.94 bits per heavy atom. The van der Waals surface area contributed by atoms with Crippen LogP contribution in [0.15, 0.2) is 24.3 Å². The van der Waals surface area contributed by atoms with Gasteiger partial charge in [0.15, 0.2) is 0 Å². The Hall–Kier alpha value is -1.68. The zero-order valence-corrected chi connectivity index (χ0v) is 10.1. The lowest BCUT2D eigenvalue weighted by Crippen LogP contribution is -1.93. The summed E-state index contributed by atoms with van der Waals surface area (Å²) in [6.45, 7) is 3.46. The van der Waals surface area contributed by atoms with Crippen LogP contribution in [0.5, 0.6) is 11.6 Å². The van der Waals surface area contributed by atoms with Crippen molar-refractivity contribution in [2.24, 2.45) is 0 Å². The molecule has 0 spiro atoms. The second-order valence-electron chi connectivity index (χ2n) is 3.63. The van der Waals surface area contributed by atoms with E-state index in [0.29, 0.717) is 22.9 Å². The number of aromatic nitrogens is 2. The van der Waals surface area contributed by atoms with Crippen LogP contribution in [-0.2, 0) is 0 Å². The number of benzene rings is 1. The van der Waals surface area contributed by atoms with E-state index >= 15 is 0 Å². The number of hydrogen-bond donors (Lipinski definition) is 0. The third kappa shape index (κ3) is 2.91. The zero-order valence-electron chi connectivity index (χ0n) is 9.37. The Labute approximate surface area is 103 Å². The van der Waals surface area contributed by atoms with Gasteiger partial charge in [-0.2, -0.15) is 4.98 Å². The lowest BCUT2D eigenvalue weighted by molar-refractivity contribution is 0.455. The molecule has 0 aliphatic rings. The quantitative estimate of drug-likeness (QED) is 0.765. The molecular formula is C12H10ClFN2O. The first kappa shape index (κ1) is 11.8. The molecule has 0 unspecified atom stereocenters. The van der Waals surface area contributed by atoms with Gasteiger partial charge in [0.2, 0.25) is 11.2 Å². The van der Waals surface area contributed by atoms with Crippen LogP contribution in [0, 0.1) is 19.7 Å². The minimum absolute atomic E-state index is 0.104. The summed E-state index contributed by atoms with van der Waals surface area (Å²) in [4.78, 5) is 7.80. The summed E-state index contributed by atoms with van der Waals surface area (Å²) in [6, 6.07) is 6.24. The van der Waals surface area contributed by atoms with Crippen LogP contribution in [0.1, 0.15) is 11.3 Å². The van der Waals surface area contributed by atoms with Gasteiger partial charge in [0, 0.05) is 17.8 Å². The molecule has 0 N–H and O–H groups in total. The van der Waals surface area contributed by atoms with E-state index in [1.165, 1.54) is 6.07 Å². The number of ether oxygens (including phenoxy) is 1. The predicted molar refractivity (Wildman–Crippen MR) is 63.0 cm³/mol. The summed E-state index contributed by atoms with van der Waals surface area (Å²) in [5.74, 6) is 0.354. The molecule has 2 rings (SSSR count). The molecule has 0 radical (unpaired) electrons. The molecule has 88 valence electrons. The summed E-state index contributed by atoms with van der Waals surface area (Å²) in [5, 5.41) is 0.104. The predicted octanol–water partition coefficient (Wildman–Crippen LogP) is 3.68. The van der Waals surface area contributed by atoms with E-state index in [9.17, 15) is 4.39 Å². The molecule has 2 aromatic rings. The van der Waals surface area contributed by atoms with Crippen molar-refractivity contribution in [1.82, 2.24) is 9.97 Å². The number of aryl methyl sites for hydroxylation is 2.